The fourth-order valence-corrected chi connectivity index (χ4v) is 3.39. The molecule has 0 unspecified atom stereocenters. The van der Waals surface area contributed by atoms with Crippen LogP contribution in [0.15, 0.2) is 30.3 Å². The highest BCUT2D eigenvalue weighted by Crippen LogP contribution is 2.31. The number of ether oxygens (including phenoxy) is 2. The number of pyridine rings is 1. The molecule has 0 atom stereocenters. The molecule has 0 bridgehead atoms. The van der Waals surface area contributed by atoms with Gasteiger partial charge in [-0.25, -0.2) is 4.98 Å². The number of alkyl halides is 3. The smallest absolute Gasteiger partial charge is 0.433 e. The number of rotatable bonds is 5. The Kier molecular flexibility index (Phi) is 6.53. The van der Waals surface area contributed by atoms with Crippen molar-refractivity contribution in [3.8, 4) is 17.6 Å². The van der Waals surface area contributed by atoms with Crippen LogP contribution in [-0.2, 0) is 6.18 Å². The van der Waals surface area contributed by atoms with Crippen LogP contribution in [0.4, 0.5) is 19.0 Å². The molecule has 10 heteroatoms. The molecule has 0 aliphatic carbocycles. The standard InChI is InChI=1S/C21H21F3N4O3/c1-30-16-5-3-13(11-17(16)31-2)20(29)28-9-7-15(8-10-28)26-19-14(12-25)4-6-18(27-19)21(22,23)24/h3-6,11,15H,7-10H2,1-2H3,(H,26,27). The Bertz CT molecular complexity index is 996. The first-order chi connectivity index (χ1) is 14.8. The predicted octanol–water partition coefficient (Wildman–Crippen LogP) is 3.71. The second kappa shape index (κ2) is 9.12. The van der Waals surface area contributed by atoms with E-state index in [1.54, 1.807) is 23.1 Å². The van der Waals surface area contributed by atoms with Crippen LogP contribution in [-0.4, -0.2) is 49.1 Å². The lowest BCUT2D eigenvalue weighted by atomic mass is 10.0. The second-order valence-electron chi connectivity index (χ2n) is 6.98. The van der Waals surface area contributed by atoms with Crippen molar-refractivity contribution in [3.05, 3.63) is 47.2 Å². The Morgan fingerprint density at radius 2 is 1.84 bits per heavy atom. The monoisotopic (exact) mass is 434 g/mol. The zero-order chi connectivity index (χ0) is 22.6. The molecule has 1 aromatic carbocycles. The van der Waals surface area contributed by atoms with Gasteiger partial charge in [-0.05, 0) is 43.2 Å². The molecule has 164 valence electrons. The van der Waals surface area contributed by atoms with Gasteiger partial charge >= 0.3 is 6.18 Å². The summed E-state index contributed by atoms with van der Waals surface area (Å²) in [7, 11) is 2.99. The maximum atomic E-state index is 13.0. The SMILES string of the molecule is COc1ccc(C(=O)N2CCC(Nc3nc(C(F)(F)F)ccc3C#N)CC2)cc1OC. The topological polar surface area (TPSA) is 87.5 Å². The highest BCUT2D eigenvalue weighted by molar-refractivity contribution is 5.95. The first-order valence-corrected chi connectivity index (χ1v) is 9.53. The highest BCUT2D eigenvalue weighted by atomic mass is 19.4. The molecular weight excluding hydrogens is 413 g/mol. The van der Waals surface area contributed by atoms with Crippen molar-refractivity contribution >= 4 is 11.7 Å². The Balaban J connectivity index is 1.66. The molecule has 2 aromatic rings. The number of aromatic nitrogens is 1. The summed E-state index contributed by atoms with van der Waals surface area (Å²) in [6.45, 7) is 0.817. The van der Waals surface area contributed by atoms with Crippen molar-refractivity contribution in [2.24, 2.45) is 0 Å². The third kappa shape index (κ3) is 4.99. The number of carbonyl (C=O) groups excluding carboxylic acids is 1. The summed E-state index contributed by atoms with van der Waals surface area (Å²) in [5, 5.41) is 12.1. The highest BCUT2D eigenvalue weighted by Gasteiger charge is 2.33. The van der Waals surface area contributed by atoms with Crippen LogP contribution in [0.5, 0.6) is 11.5 Å². The number of nitrogens with one attached hydrogen (secondary N) is 1. The van der Waals surface area contributed by atoms with Gasteiger partial charge in [0.1, 0.15) is 17.6 Å². The molecule has 1 aliphatic rings. The molecule has 3 rings (SSSR count). The molecule has 1 amide bonds. The van der Waals surface area contributed by atoms with E-state index < -0.39 is 11.9 Å². The van der Waals surface area contributed by atoms with E-state index in [4.69, 9.17) is 9.47 Å². The number of benzene rings is 1. The van der Waals surface area contributed by atoms with Crippen molar-refractivity contribution < 1.29 is 27.4 Å². The number of nitrogens with zero attached hydrogens (tertiary/aromatic N) is 3. The van der Waals surface area contributed by atoms with E-state index in [0.717, 1.165) is 12.1 Å². The number of hydrogen-bond acceptors (Lipinski definition) is 6. The maximum absolute atomic E-state index is 13.0. The second-order valence-corrected chi connectivity index (χ2v) is 6.98. The first kappa shape index (κ1) is 22.2. The number of nitriles is 1. The molecular formula is C21H21F3N4O3. The van der Waals surface area contributed by atoms with E-state index in [2.05, 4.69) is 10.3 Å². The van der Waals surface area contributed by atoms with Gasteiger partial charge in [-0.15, -0.1) is 0 Å². The number of methoxy groups -OCH3 is 2. The van der Waals surface area contributed by atoms with Gasteiger partial charge in [-0.3, -0.25) is 4.79 Å². The Morgan fingerprint density at radius 1 is 1.16 bits per heavy atom. The lowest BCUT2D eigenvalue weighted by molar-refractivity contribution is -0.141. The molecule has 7 nitrogen and oxygen atoms in total. The Hall–Kier alpha value is -3.48. The van der Waals surface area contributed by atoms with Crippen LogP contribution >= 0.6 is 0 Å². The Labute approximate surface area is 177 Å². The van der Waals surface area contributed by atoms with E-state index in [0.29, 0.717) is 43.0 Å². The van der Waals surface area contributed by atoms with E-state index in [1.807, 2.05) is 6.07 Å². The van der Waals surface area contributed by atoms with Crippen LogP contribution in [0.25, 0.3) is 0 Å². The number of piperidine rings is 1. The van der Waals surface area contributed by atoms with Crippen LogP contribution in [0.3, 0.4) is 0 Å². The fraction of sp³-hybridized carbons (Fsp3) is 0.381. The van der Waals surface area contributed by atoms with Crippen molar-refractivity contribution in [1.82, 2.24) is 9.88 Å². The van der Waals surface area contributed by atoms with Gasteiger partial charge in [0.05, 0.1) is 19.8 Å². The minimum absolute atomic E-state index is 0.0387. The summed E-state index contributed by atoms with van der Waals surface area (Å²) in [6, 6.07) is 8.45. The Morgan fingerprint density at radius 3 is 2.42 bits per heavy atom. The number of carbonyl (C=O) groups is 1. The van der Waals surface area contributed by atoms with Crippen molar-refractivity contribution in [1.29, 1.82) is 5.26 Å². The van der Waals surface area contributed by atoms with Crippen molar-refractivity contribution in [2.45, 2.75) is 25.1 Å². The number of hydrogen-bond donors (Lipinski definition) is 1. The lowest BCUT2D eigenvalue weighted by Gasteiger charge is -2.33. The third-order valence-corrected chi connectivity index (χ3v) is 5.06. The van der Waals surface area contributed by atoms with Gasteiger partial charge in [0.15, 0.2) is 11.5 Å². The number of amides is 1. The largest absolute Gasteiger partial charge is 0.493 e. The molecule has 1 aromatic heterocycles. The van der Waals surface area contributed by atoms with Gasteiger partial charge in [-0.2, -0.15) is 18.4 Å². The summed E-state index contributed by atoms with van der Waals surface area (Å²) in [4.78, 5) is 18.1. The van der Waals surface area contributed by atoms with Gasteiger partial charge in [0, 0.05) is 24.7 Å². The first-order valence-electron chi connectivity index (χ1n) is 9.53. The van der Waals surface area contributed by atoms with E-state index >= 15 is 0 Å². The molecule has 31 heavy (non-hydrogen) atoms. The van der Waals surface area contributed by atoms with E-state index in [-0.39, 0.29) is 23.3 Å². The average Bonchev–Trinajstić information content (AvgIpc) is 2.78. The molecule has 2 heterocycles. The zero-order valence-electron chi connectivity index (χ0n) is 17.0. The molecule has 0 spiro atoms. The summed E-state index contributed by atoms with van der Waals surface area (Å²) in [6.07, 6.45) is -3.59. The van der Waals surface area contributed by atoms with Crippen LogP contribution in [0.2, 0.25) is 0 Å². The van der Waals surface area contributed by atoms with Crippen LogP contribution < -0.4 is 14.8 Å². The maximum Gasteiger partial charge on any atom is 0.433 e. The minimum Gasteiger partial charge on any atom is -0.493 e. The van der Waals surface area contributed by atoms with Crippen molar-refractivity contribution in [2.75, 3.05) is 32.6 Å². The molecule has 1 fully saturated rings. The molecule has 0 radical (unpaired) electrons. The summed E-state index contributed by atoms with van der Waals surface area (Å²) in [5.41, 5.74) is -0.567. The van der Waals surface area contributed by atoms with Gasteiger partial charge < -0.3 is 19.7 Å². The van der Waals surface area contributed by atoms with Crippen LogP contribution in [0.1, 0.15) is 34.5 Å². The molecule has 1 saturated heterocycles. The van der Waals surface area contributed by atoms with E-state index in [9.17, 15) is 23.2 Å². The summed E-state index contributed by atoms with van der Waals surface area (Å²) < 4.78 is 49.3. The average molecular weight is 434 g/mol. The number of halogens is 3. The van der Waals surface area contributed by atoms with Crippen LogP contribution in [0, 0.1) is 11.3 Å². The zero-order valence-corrected chi connectivity index (χ0v) is 17.0. The fourth-order valence-electron chi connectivity index (χ4n) is 3.39. The third-order valence-electron chi connectivity index (χ3n) is 5.06. The summed E-state index contributed by atoms with van der Waals surface area (Å²) in [5.74, 6) is 0.699. The minimum atomic E-state index is -4.60. The summed E-state index contributed by atoms with van der Waals surface area (Å²) >= 11 is 0. The van der Waals surface area contributed by atoms with Gasteiger partial charge in [0.25, 0.3) is 5.91 Å². The van der Waals surface area contributed by atoms with Crippen molar-refractivity contribution in [3.63, 3.8) is 0 Å². The number of anilines is 1. The molecule has 1 N–H and O–H groups in total. The predicted molar refractivity (Wildman–Crippen MR) is 106 cm³/mol. The van der Waals surface area contributed by atoms with Gasteiger partial charge in [0.2, 0.25) is 0 Å². The molecule has 1 aliphatic heterocycles. The quantitative estimate of drug-likeness (QED) is 0.772. The molecule has 0 saturated carbocycles. The number of likely N-dealkylation sites (tertiary alicyclic amines) is 1. The van der Waals surface area contributed by atoms with Gasteiger partial charge in [-0.1, -0.05) is 0 Å². The van der Waals surface area contributed by atoms with E-state index in [1.165, 1.54) is 14.2 Å². The normalized spacial score (nSPS) is 14.6. The lowest BCUT2D eigenvalue weighted by Crippen LogP contribution is -2.42.